The fourth-order valence-corrected chi connectivity index (χ4v) is 2.35. The van der Waals surface area contributed by atoms with E-state index in [9.17, 15) is 9.59 Å². The van der Waals surface area contributed by atoms with Gasteiger partial charge in [0.05, 0.1) is 7.11 Å². The Morgan fingerprint density at radius 1 is 1.13 bits per heavy atom. The van der Waals surface area contributed by atoms with Gasteiger partial charge in [0.25, 0.3) is 11.5 Å². The summed E-state index contributed by atoms with van der Waals surface area (Å²) in [6.45, 7) is 3.18. The van der Waals surface area contributed by atoms with Crippen molar-refractivity contribution in [2.24, 2.45) is 0 Å². The van der Waals surface area contributed by atoms with Crippen molar-refractivity contribution in [2.45, 2.75) is 26.3 Å². The van der Waals surface area contributed by atoms with Gasteiger partial charge in [-0.25, -0.2) is 0 Å². The van der Waals surface area contributed by atoms with Crippen molar-refractivity contribution in [1.82, 2.24) is 9.88 Å². The molecule has 1 amide bonds. The minimum absolute atomic E-state index is 0.0206. The number of rotatable bonds is 7. The van der Waals surface area contributed by atoms with Crippen LogP contribution >= 0.6 is 0 Å². The van der Waals surface area contributed by atoms with Gasteiger partial charge in [0.2, 0.25) is 0 Å². The molecule has 0 aliphatic heterocycles. The molecule has 5 nitrogen and oxygen atoms in total. The Balaban J connectivity index is 1.74. The van der Waals surface area contributed by atoms with Crippen molar-refractivity contribution in [3.63, 3.8) is 0 Å². The largest absolute Gasteiger partial charge is 0.497 e. The number of nitrogens with one attached hydrogen (secondary N) is 1. The summed E-state index contributed by atoms with van der Waals surface area (Å²) in [6.07, 6.45) is 1.66. The predicted octanol–water partition coefficient (Wildman–Crippen LogP) is 2.38. The first kappa shape index (κ1) is 16.8. The lowest BCUT2D eigenvalue weighted by Gasteiger charge is -2.09. The van der Waals surface area contributed by atoms with Crippen molar-refractivity contribution in [1.29, 1.82) is 0 Å². The maximum Gasteiger partial charge on any atom is 0.251 e. The number of carbonyl (C=O) groups is 1. The summed E-state index contributed by atoms with van der Waals surface area (Å²) in [4.78, 5) is 23.7. The van der Waals surface area contributed by atoms with Crippen molar-refractivity contribution >= 4 is 5.91 Å². The van der Waals surface area contributed by atoms with Crippen LogP contribution in [0, 0.1) is 6.92 Å². The number of carbonyl (C=O) groups excluding carboxylic acids is 1. The number of benzene rings is 1. The first-order valence-electron chi connectivity index (χ1n) is 7.70. The summed E-state index contributed by atoms with van der Waals surface area (Å²) >= 11 is 0. The highest BCUT2D eigenvalue weighted by atomic mass is 16.5. The molecule has 23 heavy (non-hydrogen) atoms. The van der Waals surface area contributed by atoms with E-state index in [4.69, 9.17) is 4.74 Å². The second-order valence-corrected chi connectivity index (χ2v) is 5.35. The summed E-state index contributed by atoms with van der Waals surface area (Å²) < 4.78 is 6.82. The highest BCUT2D eigenvalue weighted by molar-refractivity contribution is 5.94. The van der Waals surface area contributed by atoms with Crippen LogP contribution in [0.25, 0.3) is 0 Å². The summed E-state index contributed by atoms with van der Waals surface area (Å²) in [6, 6.07) is 12.3. The van der Waals surface area contributed by atoms with E-state index in [1.807, 2.05) is 13.0 Å². The van der Waals surface area contributed by atoms with Crippen LogP contribution in [-0.2, 0) is 6.54 Å². The number of methoxy groups -OCH3 is 1. The van der Waals surface area contributed by atoms with E-state index in [1.54, 1.807) is 48.1 Å². The molecule has 0 saturated carbocycles. The third kappa shape index (κ3) is 4.71. The zero-order chi connectivity index (χ0) is 16.7. The van der Waals surface area contributed by atoms with Crippen molar-refractivity contribution < 1.29 is 9.53 Å². The molecule has 0 spiro atoms. The number of pyridine rings is 1. The molecule has 5 heteroatoms. The number of ether oxygens (including phenoxy) is 1. The third-order valence-corrected chi connectivity index (χ3v) is 3.71. The molecule has 0 radical (unpaired) electrons. The summed E-state index contributed by atoms with van der Waals surface area (Å²) in [5.41, 5.74) is 1.59. The maximum absolute atomic E-state index is 12.0. The molecule has 1 aromatic heterocycles. The fourth-order valence-electron chi connectivity index (χ4n) is 2.35. The van der Waals surface area contributed by atoms with E-state index >= 15 is 0 Å². The minimum Gasteiger partial charge on any atom is -0.497 e. The molecule has 0 fully saturated rings. The van der Waals surface area contributed by atoms with Crippen molar-refractivity contribution in [2.75, 3.05) is 13.7 Å². The van der Waals surface area contributed by atoms with Crippen LogP contribution in [0.4, 0.5) is 0 Å². The van der Waals surface area contributed by atoms with Gasteiger partial charge in [0.1, 0.15) is 5.75 Å². The van der Waals surface area contributed by atoms with Gasteiger partial charge in [0, 0.05) is 30.4 Å². The fraction of sp³-hybridized carbons (Fsp3) is 0.333. The molecule has 122 valence electrons. The van der Waals surface area contributed by atoms with Gasteiger partial charge in [-0.15, -0.1) is 0 Å². The summed E-state index contributed by atoms with van der Waals surface area (Å²) in [5.74, 6) is 0.630. The third-order valence-electron chi connectivity index (χ3n) is 3.71. The summed E-state index contributed by atoms with van der Waals surface area (Å²) in [5, 5.41) is 2.88. The molecular formula is C18H22N2O3. The zero-order valence-electron chi connectivity index (χ0n) is 13.5. The van der Waals surface area contributed by atoms with Gasteiger partial charge in [-0.05, 0) is 50.1 Å². The van der Waals surface area contributed by atoms with Gasteiger partial charge < -0.3 is 14.6 Å². The van der Waals surface area contributed by atoms with Crippen LogP contribution in [0.5, 0.6) is 5.75 Å². The highest BCUT2D eigenvalue weighted by Crippen LogP contribution is 2.11. The van der Waals surface area contributed by atoms with Gasteiger partial charge >= 0.3 is 0 Å². The Labute approximate surface area is 135 Å². The second kappa shape index (κ2) is 8.17. The van der Waals surface area contributed by atoms with E-state index in [1.165, 1.54) is 0 Å². The normalized spacial score (nSPS) is 10.3. The quantitative estimate of drug-likeness (QED) is 0.798. The molecule has 0 atom stereocenters. The SMILES string of the molecule is COc1ccc(C(=O)NCCCCn2c(C)cccc2=O)cc1. The van der Waals surface area contributed by atoms with Gasteiger partial charge in [0.15, 0.2) is 0 Å². The highest BCUT2D eigenvalue weighted by Gasteiger charge is 2.05. The first-order valence-corrected chi connectivity index (χ1v) is 7.70. The number of nitrogens with zero attached hydrogens (tertiary/aromatic N) is 1. The zero-order valence-corrected chi connectivity index (χ0v) is 13.5. The lowest BCUT2D eigenvalue weighted by molar-refractivity contribution is 0.0953. The van der Waals surface area contributed by atoms with Crippen LogP contribution in [0.15, 0.2) is 47.3 Å². The van der Waals surface area contributed by atoms with Crippen LogP contribution in [0.3, 0.4) is 0 Å². The lowest BCUT2D eigenvalue weighted by Crippen LogP contribution is -2.25. The first-order chi connectivity index (χ1) is 11.1. The van der Waals surface area contributed by atoms with E-state index in [-0.39, 0.29) is 11.5 Å². The maximum atomic E-state index is 12.0. The van der Waals surface area contributed by atoms with Crippen LogP contribution < -0.4 is 15.6 Å². The molecule has 0 unspecified atom stereocenters. The number of hydrogen-bond acceptors (Lipinski definition) is 3. The number of hydrogen-bond donors (Lipinski definition) is 1. The number of unbranched alkanes of at least 4 members (excludes halogenated alkanes) is 1. The number of aromatic nitrogens is 1. The van der Waals surface area contributed by atoms with E-state index in [0.29, 0.717) is 18.7 Å². The van der Waals surface area contributed by atoms with E-state index in [0.717, 1.165) is 24.3 Å². The Bertz CT molecular complexity index is 705. The molecule has 0 aliphatic carbocycles. The smallest absolute Gasteiger partial charge is 0.251 e. The standard InChI is InChI=1S/C18H22N2O3/c1-14-6-5-7-17(21)20(14)13-4-3-12-19-18(22)15-8-10-16(23-2)11-9-15/h5-11H,3-4,12-13H2,1-2H3,(H,19,22). The van der Waals surface area contributed by atoms with E-state index < -0.39 is 0 Å². The molecule has 2 rings (SSSR count). The van der Waals surface area contributed by atoms with E-state index in [2.05, 4.69) is 5.32 Å². The predicted molar refractivity (Wildman–Crippen MR) is 90.0 cm³/mol. The molecule has 0 saturated heterocycles. The molecule has 0 aliphatic rings. The Kier molecular flexibility index (Phi) is 5.97. The second-order valence-electron chi connectivity index (χ2n) is 5.35. The Morgan fingerprint density at radius 2 is 1.87 bits per heavy atom. The Morgan fingerprint density at radius 3 is 2.52 bits per heavy atom. The average molecular weight is 314 g/mol. The molecule has 1 N–H and O–H groups in total. The van der Waals surface area contributed by atoms with Gasteiger partial charge in [-0.3, -0.25) is 9.59 Å². The lowest BCUT2D eigenvalue weighted by atomic mass is 10.2. The molecule has 2 aromatic rings. The monoisotopic (exact) mass is 314 g/mol. The van der Waals surface area contributed by atoms with Crippen molar-refractivity contribution in [3.8, 4) is 5.75 Å². The van der Waals surface area contributed by atoms with Crippen molar-refractivity contribution in [3.05, 3.63) is 64.1 Å². The van der Waals surface area contributed by atoms with Crippen LogP contribution in [-0.4, -0.2) is 24.1 Å². The molecule has 0 bridgehead atoms. The molecule has 1 heterocycles. The van der Waals surface area contributed by atoms with Crippen LogP contribution in [0.1, 0.15) is 28.9 Å². The minimum atomic E-state index is -0.0966. The Hall–Kier alpha value is -2.56. The van der Waals surface area contributed by atoms with Gasteiger partial charge in [-0.1, -0.05) is 6.07 Å². The molecular weight excluding hydrogens is 292 g/mol. The number of aryl methyl sites for hydroxylation is 1. The average Bonchev–Trinajstić information content (AvgIpc) is 2.56. The molecule has 1 aromatic carbocycles. The topological polar surface area (TPSA) is 60.3 Å². The number of amides is 1. The van der Waals surface area contributed by atoms with Gasteiger partial charge in [-0.2, -0.15) is 0 Å². The van der Waals surface area contributed by atoms with Crippen LogP contribution in [0.2, 0.25) is 0 Å². The summed E-state index contributed by atoms with van der Waals surface area (Å²) in [7, 11) is 1.59.